The summed E-state index contributed by atoms with van der Waals surface area (Å²) in [4.78, 5) is 16.4. The second-order valence-corrected chi connectivity index (χ2v) is 6.16. The van der Waals surface area contributed by atoms with Crippen molar-refractivity contribution < 1.29 is 9.90 Å². The molecule has 0 saturated heterocycles. The lowest BCUT2D eigenvalue weighted by atomic mass is 9.84. The molecule has 4 heteroatoms. The molecule has 0 amide bonds. The third kappa shape index (κ3) is 2.23. The first kappa shape index (κ1) is 14.1. The van der Waals surface area contributed by atoms with Crippen LogP contribution >= 0.6 is 0 Å². The number of carboxylic acid groups (broad SMARTS) is 1. The number of imidazole rings is 1. The maximum atomic E-state index is 11.7. The quantitative estimate of drug-likeness (QED) is 0.925. The van der Waals surface area contributed by atoms with Crippen molar-refractivity contribution in [3.63, 3.8) is 0 Å². The van der Waals surface area contributed by atoms with Crippen molar-refractivity contribution in [2.75, 3.05) is 0 Å². The Balaban J connectivity index is 2.26. The van der Waals surface area contributed by atoms with Crippen molar-refractivity contribution in [3.8, 4) is 0 Å². The van der Waals surface area contributed by atoms with Gasteiger partial charge in [0.15, 0.2) is 0 Å². The zero-order valence-electron chi connectivity index (χ0n) is 12.9. The smallest absolute Gasteiger partial charge is 0.326 e. The average molecular weight is 286 g/mol. The third-order valence-electron chi connectivity index (χ3n) is 4.79. The van der Waals surface area contributed by atoms with Crippen molar-refractivity contribution in [1.29, 1.82) is 0 Å². The second-order valence-electron chi connectivity index (χ2n) is 6.16. The van der Waals surface area contributed by atoms with Gasteiger partial charge in [-0.3, -0.25) is 0 Å². The standard InChI is InChI=1S/C17H22N2O2/c1-4-14(17(20)21)19-15-9-11(3)10(2)8-13(15)18-16(19)12-6-5-7-12/h8-9,12,14H,4-7H2,1-3H3,(H,20,21). The van der Waals surface area contributed by atoms with Gasteiger partial charge in [-0.05, 0) is 56.4 Å². The van der Waals surface area contributed by atoms with E-state index in [1.807, 2.05) is 11.5 Å². The molecule has 1 aliphatic carbocycles. The van der Waals surface area contributed by atoms with Gasteiger partial charge in [0.25, 0.3) is 0 Å². The summed E-state index contributed by atoms with van der Waals surface area (Å²) in [5.41, 5.74) is 4.29. The Labute approximate surface area is 124 Å². The van der Waals surface area contributed by atoms with E-state index in [1.165, 1.54) is 17.5 Å². The van der Waals surface area contributed by atoms with Crippen LogP contribution in [0.5, 0.6) is 0 Å². The van der Waals surface area contributed by atoms with Crippen molar-refractivity contribution in [2.45, 2.75) is 58.4 Å². The normalized spacial score (nSPS) is 16.9. The van der Waals surface area contributed by atoms with E-state index in [0.717, 1.165) is 29.7 Å². The van der Waals surface area contributed by atoms with E-state index in [1.54, 1.807) is 0 Å². The van der Waals surface area contributed by atoms with Gasteiger partial charge < -0.3 is 9.67 Å². The van der Waals surface area contributed by atoms with E-state index in [-0.39, 0.29) is 0 Å². The van der Waals surface area contributed by atoms with E-state index in [9.17, 15) is 9.90 Å². The number of aromatic nitrogens is 2. The Morgan fingerprint density at radius 1 is 1.38 bits per heavy atom. The third-order valence-corrected chi connectivity index (χ3v) is 4.79. The largest absolute Gasteiger partial charge is 0.480 e. The van der Waals surface area contributed by atoms with Gasteiger partial charge in [0, 0.05) is 5.92 Å². The summed E-state index contributed by atoms with van der Waals surface area (Å²) in [6.07, 6.45) is 4.04. The minimum absolute atomic E-state index is 0.423. The van der Waals surface area contributed by atoms with E-state index < -0.39 is 12.0 Å². The van der Waals surface area contributed by atoms with Crippen LogP contribution < -0.4 is 0 Å². The number of hydrogen-bond donors (Lipinski definition) is 1. The van der Waals surface area contributed by atoms with E-state index in [4.69, 9.17) is 4.98 Å². The molecule has 1 fully saturated rings. The van der Waals surface area contributed by atoms with Crippen molar-refractivity contribution in [3.05, 3.63) is 29.1 Å². The first-order valence-corrected chi connectivity index (χ1v) is 7.74. The summed E-state index contributed by atoms with van der Waals surface area (Å²) < 4.78 is 1.98. The zero-order chi connectivity index (χ0) is 15.1. The number of carbonyl (C=O) groups is 1. The van der Waals surface area contributed by atoms with Crippen LogP contribution in [-0.2, 0) is 4.79 Å². The zero-order valence-corrected chi connectivity index (χ0v) is 12.9. The van der Waals surface area contributed by atoms with Crippen LogP contribution in [0.15, 0.2) is 12.1 Å². The van der Waals surface area contributed by atoms with Crippen LogP contribution in [0.2, 0.25) is 0 Å². The SMILES string of the molecule is CCC(C(=O)O)n1c(C2CCC2)nc2cc(C)c(C)cc21. The highest BCUT2D eigenvalue weighted by Crippen LogP contribution is 2.39. The van der Waals surface area contributed by atoms with Gasteiger partial charge in [-0.15, -0.1) is 0 Å². The van der Waals surface area contributed by atoms with Gasteiger partial charge in [0.1, 0.15) is 11.9 Å². The fourth-order valence-electron chi connectivity index (χ4n) is 3.12. The van der Waals surface area contributed by atoms with Gasteiger partial charge in [0.2, 0.25) is 0 Å². The first-order chi connectivity index (χ1) is 10.0. The number of nitrogens with zero attached hydrogens (tertiary/aromatic N) is 2. The number of hydrogen-bond acceptors (Lipinski definition) is 2. The summed E-state index contributed by atoms with van der Waals surface area (Å²) in [6.45, 7) is 6.07. The van der Waals surface area contributed by atoms with Crippen LogP contribution in [0.25, 0.3) is 11.0 Å². The molecule has 0 aliphatic heterocycles. The van der Waals surface area contributed by atoms with Crippen LogP contribution in [0.4, 0.5) is 0 Å². The molecular weight excluding hydrogens is 264 g/mol. The highest BCUT2D eigenvalue weighted by Gasteiger charge is 2.30. The molecule has 1 atom stereocenters. The van der Waals surface area contributed by atoms with Gasteiger partial charge in [0.05, 0.1) is 11.0 Å². The summed E-state index contributed by atoms with van der Waals surface area (Å²) in [7, 11) is 0. The van der Waals surface area contributed by atoms with Gasteiger partial charge in [-0.25, -0.2) is 9.78 Å². The molecule has 1 aliphatic rings. The lowest BCUT2D eigenvalue weighted by Crippen LogP contribution is -2.23. The second kappa shape index (κ2) is 5.17. The van der Waals surface area contributed by atoms with Crippen molar-refractivity contribution in [1.82, 2.24) is 9.55 Å². The first-order valence-electron chi connectivity index (χ1n) is 7.74. The molecule has 4 nitrogen and oxygen atoms in total. The molecule has 21 heavy (non-hydrogen) atoms. The Hall–Kier alpha value is -1.84. The molecule has 3 rings (SSSR count). The molecule has 1 aromatic heterocycles. The summed E-state index contributed by atoms with van der Waals surface area (Å²) in [5, 5.41) is 9.58. The molecule has 1 N–H and O–H groups in total. The highest BCUT2D eigenvalue weighted by atomic mass is 16.4. The molecular formula is C17H22N2O2. The summed E-state index contributed by atoms with van der Waals surface area (Å²) >= 11 is 0. The summed E-state index contributed by atoms with van der Waals surface area (Å²) in [5.74, 6) is 0.623. The number of aryl methyl sites for hydroxylation is 2. The van der Waals surface area contributed by atoms with Crippen LogP contribution in [0, 0.1) is 13.8 Å². The number of rotatable bonds is 4. The Morgan fingerprint density at radius 3 is 2.57 bits per heavy atom. The van der Waals surface area contributed by atoms with Crippen LogP contribution in [0.3, 0.4) is 0 Å². The minimum atomic E-state index is -0.768. The van der Waals surface area contributed by atoms with Crippen molar-refractivity contribution in [2.24, 2.45) is 0 Å². The topological polar surface area (TPSA) is 55.1 Å². The van der Waals surface area contributed by atoms with E-state index >= 15 is 0 Å². The molecule has 0 radical (unpaired) electrons. The molecule has 0 bridgehead atoms. The lowest BCUT2D eigenvalue weighted by Gasteiger charge is -2.27. The number of carboxylic acids is 1. The fraction of sp³-hybridized carbons (Fsp3) is 0.529. The van der Waals surface area contributed by atoms with Crippen LogP contribution in [0.1, 0.15) is 61.5 Å². The lowest BCUT2D eigenvalue weighted by molar-refractivity contribution is -0.141. The molecule has 2 aromatic rings. The summed E-state index contributed by atoms with van der Waals surface area (Å²) in [6, 6.07) is 3.65. The fourth-order valence-corrected chi connectivity index (χ4v) is 3.12. The monoisotopic (exact) mass is 286 g/mol. The van der Waals surface area contributed by atoms with E-state index in [2.05, 4.69) is 26.0 Å². The minimum Gasteiger partial charge on any atom is -0.480 e. The number of benzene rings is 1. The molecule has 0 spiro atoms. The van der Waals surface area contributed by atoms with Crippen molar-refractivity contribution >= 4 is 17.0 Å². The van der Waals surface area contributed by atoms with E-state index in [0.29, 0.717) is 12.3 Å². The average Bonchev–Trinajstić information content (AvgIpc) is 2.67. The van der Waals surface area contributed by atoms with Gasteiger partial charge in [-0.1, -0.05) is 13.3 Å². The van der Waals surface area contributed by atoms with Crippen LogP contribution in [-0.4, -0.2) is 20.6 Å². The Kier molecular flexibility index (Phi) is 3.47. The number of fused-ring (bicyclic) bond motifs is 1. The molecule has 1 saturated carbocycles. The predicted octanol–water partition coefficient (Wildman–Crippen LogP) is 3.96. The van der Waals surface area contributed by atoms with Gasteiger partial charge >= 0.3 is 5.97 Å². The molecule has 1 heterocycles. The predicted molar refractivity (Wildman–Crippen MR) is 82.8 cm³/mol. The maximum absolute atomic E-state index is 11.7. The molecule has 1 aromatic carbocycles. The molecule has 112 valence electrons. The highest BCUT2D eigenvalue weighted by molar-refractivity contribution is 5.82. The Morgan fingerprint density at radius 2 is 2.05 bits per heavy atom. The molecule has 1 unspecified atom stereocenters. The maximum Gasteiger partial charge on any atom is 0.326 e. The van der Waals surface area contributed by atoms with Gasteiger partial charge in [-0.2, -0.15) is 0 Å². The Bertz CT molecular complexity index is 698. The number of aliphatic carboxylic acids is 1.